The molecule has 0 radical (unpaired) electrons. The Balaban J connectivity index is 1.46. The van der Waals surface area contributed by atoms with E-state index in [0.717, 1.165) is 42.5 Å². The van der Waals surface area contributed by atoms with Crippen LogP contribution in [0.4, 0.5) is 5.00 Å². The number of aromatic nitrogens is 4. The Labute approximate surface area is 200 Å². The van der Waals surface area contributed by atoms with Gasteiger partial charge in [0.1, 0.15) is 5.00 Å². The van der Waals surface area contributed by atoms with Crippen LogP contribution in [0, 0.1) is 6.92 Å². The summed E-state index contributed by atoms with van der Waals surface area (Å²) < 4.78 is 6.66. The summed E-state index contributed by atoms with van der Waals surface area (Å²) in [5.41, 5.74) is 3.55. The number of amides is 2. The number of para-hydroxylation sites is 1. The fraction of sp³-hybridized carbons (Fsp3) is 0.409. The summed E-state index contributed by atoms with van der Waals surface area (Å²) in [7, 11) is 1.59. The normalized spacial score (nSPS) is 12.9. The molecular formula is C22H26N6O3S2. The Morgan fingerprint density at radius 2 is 2.06 bits per heavy atom. The van der Waals surface area contributed by atoms with Crippen LogP contribution in [0.3, 0.4) is 0 Å². The fourth-order valence-electron chi connectivity index (χ4n) is 3.76. The molecule has 1 aliphatic rings. The number of hydrogen-bond donors (Lipinski definition) is 2. The van der Waals surface area contributed by atoms with Crippen LogP contribution >= 0.6 is 23.1 Å². The van der Waals surface area contributed by atoms with Crippen molar-refractivity contribution in [2.45, 2.75) is 37.8 Å². The van der Waals surface area contributed by atoms with Gasteiger partial charge in [0.25, 0.3) is 5.91 Å². The van der Waals surface area contributed by atoms with E-state index in [1.54, 1.807) is 11.8 Å². The smallest absolute Gasteiger partial charge is 0.254 e. The second kappa shape index (κ2) is 10.9. The third kappa shape index (κ3) is 5.43. The molecule has 11 heteroatoms. The van der Waals surface area contributed by atoms with Crippen LogP contribution in [0.5, 0.6) is 0 Å². The molecule has 174 valence electrons. The molecular weight excluding hydrogens is 460 g/mol. The number of benzene rings is 1. The molecule has 9 nitrogen and oxygen atoms in total. The maximum atomic E-state index is 12.9. The SMILES string of the molecule is COCCNC(=O)c1c(NC(=O)CSc2nnnn2-c2ccccc2C)sc2c1CCCC2. The highest BCUT2D eigenvalue weighted by Gasteiger charge is 2.26. The first-order valence-electron chi connectivity index (χ1n) is 10.8. The molecule has 4 rings (SSSR count). The molecule has 0 saturated heterocycles. The zero-order valence-electron chi connectivity index (χ0n) is 18.6. The van der Waals surface area contributed by atoms with Gasteiger partial charge in [-0.1, -0.05) is 30.0 Å². The third-order valence-corrected chi connectivity index (χ3v) is 7.49. The number of aryl methyl sites for hydroxylation is 2. The molecule has 2 heterocycles. The van der Waals surface area contributed by atoms with E-state index in [-0.39, 0.29) is 17.6 Å². The summed E-state index contributed by atoms with van der Waals surface area (Å²) in [6.07, 6.45) is 3.94. The Kier molecular flexibility index (Phi) is 7.73. The van der Waals surface area contributed by atoms with E-state index in [1.807, 2.05) is 31.2 Å². The molecule has 33 heavy (non-hydrogen) atoms. The minimum atomic E-state index is -0.205. The van der Waals surface area contributed by atoms with Gasteiger partial charge in [-0.25, -0.2) is 0 Å². The standard InChI is InChI=1S/C22H26N6O3S2/c1-14-7-3-5-9-16(14)28-22(25-26-27-28)32-13-18(29)24-21-19(20(30)23-11-12-31-2)15-8-4-6-10-17(15)33-21/h3,5,7,9H,4,6,8,10-13H2,1-2H3,(H,23,30)(H,24,29). The zero-order chi connectivity index (χ0) is 23.2. The summed E-state index contributed by atoms with van der Waals surface area (Å²) in [4.78, 5) is 26.9. The van der Waals surface area contributed by atoms with Crippen molar-refractivity contribution >= 4 is 39.9 Å². The fourth-order valence-corrected chi connectivity index (χ4v) is 5.75. The predicted octanol–water partition coefficient (Wildman–Crippen LogP) is 3.02. The lowest BCUT2D eigenvalue weighted by Crippen LogP contribution is -2.29. The Hall–Kier alpha value is -2.76. The van der Waals surface area contributed by atoms with Crippen LogP contribution in [0.25, 0.3) is 5.69 Å². The molecule has 0 spiro atoms. The minimum absolute atomic E-state index is 0.125. The lowest BCUT2D eigenvalue weighted by Gasteiger charge is -2.13. The van der Waals surface area contributed by atoms with Gasteiger partial charge in [0.2, 0.25) is 11.1 Å². The number of rotatable bonds is 9. The lowest BCUT2D eigenvalue weighted by molar-refractivity contribution is -0.113. The number of carbonyl (C=O) groups excluding carboxylic acids is 2. The van der Waals surface area contributed by atoms with Crippen molar-refractivity contribution in [2.24, 2.45) is 0 Å². The number of fused-ring (bicyclic) bond motifs is 1. The molecule has 2 aromatic heterocycles. The molecule has 2 N–H and O–H groups in total. The Morgan fingerprint density at radius 1 is 1.24 bits per heavy atom. The molecule has 0 fully saturated rings. The van der Waals surface area contributed by atoms with Crippen LogP contribution in [0.1, 0.15) is 39.2 Å². The van der Waals surface area contributed by atoms with Crippen LogP contribution < -0.4 is 10.6 Å². The first-order valence-corrected chi connectivity index (χ1v) is 12.6. The highest BCUT2D eigenvalue weighted by molar-refractivity contribution is 7.99. The van der Waals surface area contributed by atoms with Crippen molar-refractivity contribution in [3.8, 4) is 5.69 Å². The van der Waals surface area contributed by atoms with Crippen LogP contribution in [0.2, 0.25) is 0 Å². The van der Waals surface area contributed by atoms with Gasteiger partial charge in [-0.3, -0.25) is 9.59 Å². The minimum Gasteiger partial charge on any atom is -0.383 e. The number of thiophene rings is 1. The van der Waals surface area contributed by atoms with Gasteiger partial charge in [0.05, 0.1) is 23.6 Å². The first kappa shape index (κ1) is 23.4. The van der Waals surface area contributed by atoms with Gasteiger partial charge in [0, 0.05) is 18.5 Å². The van der Waals surface area contributed by atoms with Crippen molar-refractivity contribution in [3.63, 3.8) is 0 Å². The average molecular weight is 487 g/mol. The number of nitrogens with zero attached hydrogens (tertiary/aromatic N) is 4. The second-order valence-electron chi connectivity index (χ2n) is 7.66. The van der Waals surface area contributed by atoms with Crippen molar-refractivity contribution < 1.29 is 14.3 Å². The van der Waals surface area contributed by atoms with E-state index in [9.17, 15) is 9.59 Å². The number of carbonyl (C=O) groups is 2. The maximum Gasteiger partial charge on any atom is 0.254 e. The van der Waals surface area contributed by atoms with E-state index < -0.39 is 0 Å². The molecule has 0 bridgehead atoms. The summed E-state index contributed by atoms with van der Waals surface area (Å²) in [6.45, 7) is 2.84. The summed E-state index contributed by atoms with van der Waals surface area (Å²) in [5.74, 6) is -0.249. The van der Waals surface area contributed by atoms with Crippen molar-refractivity contribution in [2.75, 3.05) is 31.3 Å². The highest BCUT2D eigenvalue weighted by Crippen LogP contribution is 2.38. The molecule has 1 aromatic carbocycles. The largest absolute Gasteiger partial charge is 0.383 e. The molecule has 1 aliphatic carbocycles. The quantitative estimate of drug-likeness (QED) is 0.353. The van der Waals surface area contributed by atoms with Crippen LogP contribution in [-0.2, 0) is 22.4 Å². The monoisotopic (exact) mass is 486 g/mol. The van der Waals surface area contributed by atoms with Gasteiger partial charge >= 0.3 is 0 Å². The average Bonchev–Trinajstić information content (AvgIpc) is 3.42. The number of ether oxygens (including phenoxy) is 1. The number of methoxy groups -OCH3 is 1. The number of tetrazole rings is 1. The van der Waals surface area contributed by atoms with Gasteiger partial charge in [-0.15, -0.1) is 16.4 Å². The highest BCUT2D eigenvalue weighted by atomic mass is 32.2. The summed E-state index contributed by atoms with van der Waals surface area (Å²) in [5, 5.41) is 18.9. The number of thioether (sulfide) groups is 1. The number of hydrogen-bond acceptors (Lipinski definition) is 8. The van der Waals surface area contributed by atoms with E-state index in [1.165, 1.54) is 28.0 Å². The molecule has 0 unspecified atom stereocenters. The van der Waals surface area contributed by atoms with Crippen LogP contribution in [0.15, 0.2) is 29.4 Å². The van der Waals surface area contributed by atoms with E-state index >= 15 is 0 Å². The molecule has 2 amide bonds. The van der Waals surface area contributed by atoms with E-state index in [4.69, 9.17) is 4.74 Å². The van der Waals surface area contributed by atoms with Crippen molar-refractivity contribution in [3.05, 3.63) is 45.8 Å². The van der Waals surface area contributed by atoms with Gasteiger partial charge in [-0.2, -0.15) is 4.68 Å². The molecule has 3 aromatic rings. The van der Waals surface area contributed by atoms with Crippen LogP contribution in [-0.4, -0.2) is 58.0 Å². The summed E-state index contributed by atoms with van der Waals surface area (Å²) >= 11 is 2.76. The molecule has 0 atom stereocenters. The number of anilines is 1. The maximum absolute atomic E-state index is 12.9. The third-order valence-electron chi connectivity index (χ3n) is 5.36. The Bertz CT molecular complexity index is 1140. The first-order chi connectivity index (χ1) is 16.1. The van der Waals surface area contributed by atoms with Gasteiger partial charge in [-0.05, 0) is 60.2 Å². The number of nitrogens with one attached hydrogen (secondary N) is 2. The second-order valence-corrected chi connectivity index (χ2v) is 9.71. The van der Waals surface area contributed by atoms with Crippen molar-refractivity contribution in [1.29, 1.82) is 0 Å². The Morgan fingerprint density at radius 3 is 2.88 bits per heavy atom. The topological polar surface area (TPSA) is 111 Å². The van der Waals surface area contributed by atoms with Crippen molar-refractivity contribution in [1.82, 2.24) is 25.5 Å². The molecule has 0 aliphatic heterocycles. The van der Waals surface area contributed by atoms with E-state index in [0.29, 0.717) is 28.9 Å². The lowest BCUT2D eigenvalue weighted by atomic mass is 9.95. The molecule has 0 saturated carbocycles. The van der Waals surface area contributed by atoms with Gasteiger partial charge in [0.15, 0.2) is 0 Å². The summed E-state index contributed by atoms with van der Waals surface area (Å²) in [6, 6.07) is 7.78. The predicted molar refractivity (Wildman–Crippen MR) is 128 cm³/mol. The van der Waals surface area contributed by atoms with E-state index in [2.05, 4.69) is 26.2 Å². The zero-order valence-corrected chi connectivity index (χ0v) is 20.2. The van der Waals surface area contributed by atoms with Gasteiger partial charge < -0.3 is 15.4 Å².